The van der Waals surface area contributed by atoms with E-state index in [1.807, 2.05) is 0 Å². The molecule has 0 aliphatic rings. The van der Waals surface area contributed by atoms with Crippen LogP contribution in [0.2, 0.25) is 0 Å². The fourth-order valence-corrected chi connectivity index (χ4v) is 1.41. The molecule has 0 saturated carbocycles. The first-order chi connectivity index (χ1) is 8.79. The number of nitrogens with one attached hydrogen (secondary N) is 1. The molecule has 0 radical (unpaired) electrons. The summed E-state index contributed by atoms with van der Waals surface area (Å²) in [5.41, 5.74) is 0.438. The standard InChI is InChI=1S/C13H20N2O3/c1-3-4-9-18-10-8-15-12-11(13(16)17-2)6-5-7-14-12/h5-7H,3-4,8-10H2,1-2H3,(H,14,15). The average Bonchev–Trinajstić information content (AvgIpc) is 2.42. The highest BCUT2D eigenvalue weighted by atomic mass is 16.5. The molecule has 18 heavy (non-hydrogen) atoms. The second kappa shape index (κ2) is 8.47. The van der Waals surface area contributed by atoms with Crippen molar-refractivity contribution in [2.24, 2.45) is 0 Å². The lowest BCUT2D eigenvalue weighted by Crippen LogP contribution is -2.14. The van der Waals surface area contributed by atoms with Crippen molar-refractivity contribution >= 4 is 11.8 Å². The Morgan fingerprint density at radius 2 is 2.28 bits per heavy atom. The molecule has 5 nitrogen and oxygen atoms in total. The maximum absolute atomic E-state index is 11.5. The third-order valence-corrected chi connectivity index (χ3v) is 2.39. The van der Waals surface area contributed by atoms with Gasteiger partial charge < -0.3 is 14.8 Å². The van der Waals surface area contributed by atoms with Crippen molar-refractivity contribution in [2.45, 2.75) is 19.8 Å². The average molecular weight is 252 g/mol. The van der Waals surface area contributed by atoms with Crippen molar-refractivity contribution < 1.29 is 14.3 Å². The number of unbranched alkanes of at least 4 members (excludes halogenated alkanes) is 1. The van der Waals surface area contributed by atoms with Crippen LogP contribution in [-0.4, -0.2) is 37.8 Å². The quantitative estimate of drug-likeness (QED) is 0.567. The molecule has 0 unspecified atom stereocenters. The smallest absolute Gasteiger partial charge is 0.341 e. The van der Waals surface area contributed by atoms with Crippen molar-refractivity contribution in [3.8, 4) is 0 Å². The van der Waals surface area contributed by atoms with Gasteiger partial charge in [0.1, 0.15) is 11.4 Å². The van der Waals surface area contributed by atoms with Crippen LogP contribution in [0.25, 0.3) is 0 Å². The van der Waals surface area contributed by atoms with E-state index in [0.717, 1.165) is 19.4 Å². The SMILES string of the molecule is CCCCOCCNc1ncccc1C(=O)OC. The monoisotopic (exact) mass is 252 g/mol. The van der Waals surface area contributed by atoms with Crippen LogP contribution < -0.4 is 5.32 Å². The summed E-state index contributed by atoms with van der Waals surface area (Å²) in [6.45, 7) is 4.10. The van der Waals surface area contributed by atoms with E-state index in [-0.39, 0.29) is 0 Å². The van der Waals surface area contributed by atoms with Gasteiger partial charge >= 0.3 is 5.97 Å². The van der Waals surface area contributed by atoms with Crippen LogP contribution in [0.1, 0.15) is 30.1 Å². The van der Waals surface area contributed by atoms with Gasteiger partial charge in [0.2, 0.25) is 0 Å². The van der Waals surface area contributed by atoms with Gasteiger partial charge in [-0.2, -0.15) is 0 Å². The maximum atomic E-state index is 11.5. The van der Waals surface area contributed by atoms with Gasteiger partial charge in [0.05, 0.1) is 13.7 Å². The molecule has 0 amide bonds. The summed E-state index contributed by atoms with van der Waals surface area (Å²) in [5.74, 6) is 0.140. The van der Waals surface area contributed by atoms with Crippen molar-refractivity contribution in [1.82, 2.24) is 4.98 Å². The Bertz CT molecular complexity index is 369. The van der Waals surface area contributed by atoms with E-state index < -0.39 is 5.97 Å². The molecule has 0 atom stereocenters. The van der Waals surface area contributed by atoms with Crippen molar-refractivity contribution in [3.05, 3.63) is 23.9 Å². The fraction of sp³-hybridized carbons (Fsp3) is 0.538. The number of rotatable bonds is 8. The predicted molar refractivity (Wildman–Crippen MR) is 69.8 cm³/mol. The van der Waals surface area contributed by atoms with Crippen LogP contribution in [0.5, 0.6) is 0 Å². The Kier molecular flexibility index (Phi) is 6.79. The second-order valence-electron chi connectivity index (χ2n) is 3.78. The Hall–Kier alpha value is -1.62. The van der Waals surface area contributed by atoms with Gasteiger partial charge in [-0.25, -0.2) is 9.78 Å². The third-order valence-electron chi connectivity index (χ3n) is 2.39. The summed E-state index contributed by atoms with van der Waals surface area (Å²) in [5, 5.41) is 3.07. The number of pyridine rings is 1. The van der Waals surface area contributed by atoms with Gasteiger partial charge in [-0.3, -0.25) is 0 Å². The molecule has 0 aliphatic heterocycles. The molecule has 0 aliphatic carbocycles. The molecule has 1 aromatic heterocycles. The minimum Gasteiger partial charge on any atom is -0.465 e. The lowest BCUT2D eigenvalue weighted by Gasteiger charge is -2.09. The Labute approximate surface area is 108 Å². The highest BCUT2D eigenvalue weighted by Crippen LogP contribution is 2.11. The van der Waals surface area contributed by atoms with Crippen molar-refractivity contribution in [3.63, 3.8) is 0 Å². The topological polar surface area (TPSA) is 60.5 Å². The highest BCUT2D eigenvalue weighted by molar-refractivity contribution is 5.94. The molecule has 1 rings (SSSR count). The van der Waals surface area contributed by atoms with Crippen LogP contribution in [0.3, 0.4) is 0 Å². The first kappa shape index (κ1) is 14.4. The zero-order valence-corrected chi connectivity index (χ0v) is 10.9. The lowest BCUT2D eigenvalue weighted by atomic mass is 10.2. The van der Waals surface area contributed by atoms with E-state index >= 15 is 0 Å². The molecule has 1 N–H and O–H groups in total. The van der Waals surface area contributed by atoms with Gasteiger partial charge in [-0.15, -0.1) is 0 Å². The van der Waals surface area contributed by atoms with Crippen LogP contribution in [0.15, 0.2) is 18.3 Å². The van der Waals surface area contributed by atoms with E-state index in [4.69, 9.17) is 4.74 Å². The maximum Gasteiger partial charge on any atom is 0.341 e. The Morgan fingerprint density at radius 1 is 1.44 bits per heavy atom. The van der Waals surface area contributed by atoms with Crippen LogP contribution in [0.4, 0.5) is 5.82 Å². The fourth-order valence-electron chi connectivity index (χ4n) is 1.41. The van der Waals surface area contributed by atoms with Gasteiger partial charge in [0.25, 0.3) is 0 Å². The minimum absolute atomic E-state index is 0.391. The zero-order chi connectivity index (χ0) is 13.2. The molecular weight excluding hydrogens is 232 g/mol. The summed E-state index contributed by atoms with van der Waals surface area (Å²) in [6, 6.07) is 3.38. The van der Waals surface area contributed by atoms with E-state index in [9.17, 15) is 4.79 Å². The highest BCUT2D eigenvalue weighted by Gasteiger charge is 2.11. The first-order valence-corrected chi connectivity index (χ1v) is 6.14. The molecule has 5 heteroatoms. The van der Waals surface area contributed by atoms with Crippen molar-refractivity contribution in [1.29, 1.82) is 0 Å². The number of methoxy groups -OCH3 is 1. The molecule has 0 saturated heterocycles. The lowest BCUT2D eigenvalue weighted by molar-refractivity contribution is 0.0601. The summed E-state index contributed by atoms with van der Waals surface area (Å²) < 4.78 is 10.1. The number of anilines is 1. The molecule has 1 aromatic rings. The number of nitrogens with zero attached hydrogens (tertiary/aromatic N) is 1. The first-order valence-electron chi connectivity index (χ1n) is 6.14. The normalized spacial score (nSPS) is 10.1. The van der Waals surface area contributed by atoms with E-state index in [0.29, 0.717) is 24.5 Å². The summed E-state index contributed by atoms with van der Waals surface area (Å²) in [7, 11) is 1.35. The predicted octanol–water partition coefficient (Wildman–Crippen LogP) is 2.10. The minimum atomic E-state index is -0.391. The summed E-state index contributed by atoms with van der Waals surface area (Å²) in [6.07, 6.45) is 3.82. The van der Waals surface area contributed by atoms with Crippen molar-refractivity contribution in [2.75, 3.05) is 32.2 Å². The van der Waals surface area contributed by atoms with E-state index in [1.165, 1.54) is 7.11 Å². The Balaban J connectivity index is 2.39. The largest absolute Gasteiger partial charge is 0.465 e. The van der Waals surface area contributed by atoms with Gasteiger partial charge in [-0.05, 0) is 18.6 Å². The Morgan fingerprint density at radius 3 is 3.00 bits per heavy atom. The number of carbonyl (C=O) groups excluding carboxylic acids is 1. The molecule has 0 bridgehead atoms. The number of hydrogen-bond acceptors (Lipinski definition) is 5. The molecule has 0 fully saturated rings. The number of aromatic nitrogens is 1. The van der Waals surface area contributed by atoms with Gasteiger partial charge in [-0.1, -0.05) is 13.3 Å². The van der Waals surface area contributed by atoms with Crippen LogP contribution in [-0.2, 0) is 9.47 Å². The van der Waals surface area contributed by atoms with Crippen LogP contribution >= 0.6 is 0 Å². The van der Waals surface area contributed by atoms with Gasteiger partial charge in [0.15, 0.2) is 0 Å². The number of hydrogen-bond donors (Lipinski definition) is 1. The molecular formula is C13H20N2O3. The van der Waals surface area contributed by atoms with E-state index in [1.54, 1.807) is 18.3 Å². The van der Waals surface area contributed by atoms with Gasteiger partial charge in [0, 0.05) is 19.3 Å². The molecule has 100 valence electrons. The van der Waals surface area contributed by atoms with Crippen LogP contribution in [0, 0.1) is 0 Å². The zero-order valence-electron chi connectivity index (χ0n) is 10.9. The number of ether oxygens (including phenoxy) is 2. The van der Waals surface area contributed by atoms with E-state index in [2.05, 4.69) is 22.0 Å². The third kappa shape index (κ3) is 4.71. The summed E-state index contributed by atoms with van der Waals surface area (Å²) >= 11 is 0. The number of carbonyl (C=O) groups is 1. The number of esters is 1. The molecule has 0 spiro atoms. The second-order valence-corrected chi connectivity index (χ2v) is 3.78. The summed E-state index contributed by atoms with van der Waals surface area (Å²) in [4.78, 5) is 15.6. The molecule has 1 heterocycles. The molecule has 0 aromatic carbocycles.